The molecule has 1 atom stereocenters. The van der Waals surface area contributed by atoms with E-state index in [-0.39, 0.29) is 17.2 Å². The van der Waals surface area contributed by atoms with Crippen molar-refractivity contribution in [3.63, 3.8) is 0 Å². The third kappa shape index (κ3) is 2.91. The number of hydrogen-bond donors (Lipinski definition) is 3. The van der Waals surface area contributed by atoms with E-state index in [9.17, 15) is 10.4 Å². The molecule has 0 bridgehead atoms. The molecule has 1 unspecified atom stereocenters. The fourth-order valence-corrected chi connectivity index (χ4v) is 3.39. The summed E-state index contributed by atoms with van der Waals surface area (Å²) >= 11 is 0. The lowest BCUT2D eigenvalue weighted by atomic mass is 9.83. The Labute approximate surface area is 161 Å². The summed E-state index contributed by atoms with van der Waals surface area (Å²) < 4.78 is 11.1. The molecule has 1 aliphatic heterocycles. The summed E-state index contributed by atoms with van der Waals surface area (Å²) in [6, 6.07) is 16.4. The van der Waals surface area contributed by atoms with Gasteiger partial charge in [-0.1, -0.05) is 12.1 Å². The van der Waals surface area contributed by atoms with Crippen LogP contribution in [0.2, 0.25) is 0 Å². The van der Waals surface area contributed by atoms with Gasteiger partial charge in [0, 0.05) is 5.56 Å². The van der Waals surface area contributed by atoms with E-state index < -0.39 is 5.92 Å². The quantitative estimate of drug-likeness (QED) is 0.644. The number of phenolic OH excluding ortho intramolecular Hbond substituents is 1. The van der Waals surface area contributed by atoms with Crippen molar-refractivity contribution in [3.05, 3.63) is 71.1 Å². The Morgan fingerprint density at radius 2 is 2.07 bits per heavy atom. The first-order valence-electron chi connectivity index (χ1n) is 8.80. The SMILES string of the molecule is CCOc1ccc(-c2[nH]nc3c2C(c2cccc(O)c2)C(C#N)=C(N)O3)cc1. The van der Waals surface area contributed by atoms with Crippen LogP contribution in [0.4, 0.5) is 0 Å². The van der Waals surface area contributed by atoms with E-state index in [1.165, 1.54) is 0 Å². The van der Waals surface area contributed by atoms with Gasteiger partial charge in [0.1, 0.15) is 23.1 Å². The van der Waals surface area contributed by atoms with Gasteiger partial charge in [-0.15, -0.1) is 5.10 Å². The number of nitrogens with two attached hydrogens (primary N) is 1. The number of hydrogen-bond acceptors (Lipinski definition) is 6. The molecular formula is C21H18N4O3. The molecule has 0 aliphatic carbocycles. The molecule has 1 aromatic heterocycles. The summed E-state index contributed by atoms with van der Waals surface area (Å²) in [6.07, 6.45) is 0. The van der Waals surface area contributed by atoms with Crippen LogP contribution in [-0.4, -0.2) is 21.9 Å². The molecule has 0 spiro atoms. The zero-order valence-electron chi connectivity index (χ0n) is 15.1. The molecule has 4 rings (SSSR count). The van der Waals surface area contributed by atoms with Crippen LogP contribution >= 0.6 is 0 Å². The molecule has 3 aromatic rings. The molecule has 4 N–H and O–H groups in total. The molecule has 28 heavy (non-hydrogen) atoms. The number of nitrogens with one attached hydrogen (secondary N) is 1. The van der Waals surface area contributed by atoms with Gasteiger partial charge in [-0.05, 0) is 48.9 Å². The molecular weight excluding hydrogens is 356 g/mol. The van der Waals surface area contributed by atoms with Crippen molar-refractivity contribution in [2.45, 2.75) is 12.8 Å². The lowest BCUT2D eigenvalue weighted by Gasteiger charge is -2.24. The summed E-state index contributed by atoms with van der Waals surface area (Å²) in [5.41, 5.74) is 9.24. The van der Waals surface area contributed by atoms with Gasteiger partial charge in [0.05, 0.1) is 23.8 Å². The van der Waals surface area contributed by atoms with Gasteiger partial charge >= 0.3 is 0 Å². The Bertz CT molecular complexity index is 1090. The number of fused-ring (bicyclic) bond motifs is 1. The Kier molecular flexibility index (Phi) is 4.38. The number of benzene rings is 2. The molecule has 0 fully saturated rings. The number of phenols is 1. The lowest BCUT2D eigenvalue weighted by molar-refractivity contribution is 0.340. The second-order valence-electron chi connectivity index (χ2n) is 6.29. The van der Waals surface area contributed by atoms with Crippen LogP contribution in [0.3, 0.4) is 0 Å². The summed E-state index contributed by atoms with van der Waals surface area (Å²) in [5.74, 6) is 0.678. The van der Waals surface area contributed by atoms with Gasteiger partial charge in [0.25, 0.3) is 0 Å². The van der Waals surface area contributed by atoms with Gasteiger partial charge in [-0.2, -0.15) is 5.26 Å². The number of aromatic amines is 1. The van der Waals surface area contributed by atoms with Crippen molar-refractivity contribution >= 4 is 0 Å². The van der Waals surface area contributed by atoms with E-state index in [1.54, 1.807) is 18.2 Å². The average Bonchev–Trinajstić information content (AvgIpc) is 3.11. The highest BCUT2D eigenvalue weighted by Crippen LogP contribution is 2.46. The number of rotatable bonds is 4. The summed E-state index contributed by atoms with van der Waals surface area (Å²) in [7, 11) is 0. The number of ether oxygens (including phenoxy) is 2. The number of aromatic nitrogens is 2. The predicted molar refractivity (Wildman–Crippen MR) is 103 cm³/mol. The van der Waals surface area contributed by atoms with Crippen LogP contribution in [0, 0.1) is 11.3 Å². The van der Waals surface area contributed by atoms with E-state index >= 15 is 0 Å². The number of aromatic hydroxyl groups is 1. The molecule has 0 amide bonds. The first-order valence-corrected chi connectivity index (χ1v) is 8.80. The number of nitrogens with zero attached hydrogens (tertiary/aromatic N) is 2. The van der Waals surface area contributed by atoms with Crippen molar-refractivity contribution in [3.8, 4) is 34.7 Å². The first-order chi connectivity index (χ1) is 13.6. The van der Waals surface area contributed by atoms with Crippen LogP contribution in [0.25, 0.3) is 11.3 Å². The van der Waals surface area contributed by atoms with E-state index in [0.29, 0.717) is 23.7 Å². The van der Waals surface area contributed by atoms with Crippen molar-refractivity contribution < 1.29 is 14.6 Å². The van der Waals surface area contributed by atoms with Gasteiger partial charge in [0.15, 0.2) is 0 Å². The molecule has 140 valence electrons. The number of H-pyrrole nitrogens is 1. The zero-order chi connectivity index (χ0) is 19.7. The smallest absolute Gasteiger partial charge is 0.244 e. The normalized spacial score (nSPS) is 15.5. The van der Waals surface area contributed by atoms with Crippen LogP contribution in [0.5, 0.6) is 17.4 Å². The Morgan fingerprint density at radius 1 is 1.29 bits per heavy atom. The van der Waals surface area contributed by atoms with Crippen molar-refractivity contribution in [1.29, 1.82) is 5.26 Å². The Balaban J connectivity index is 1.87. The Morgan fingerprint density at radius 3 is 2.75 bits per heavy atom. The monoisotopic (exact) mass is 374 g/mol. The predicted octanol–water partition coefficient (Wildman–Crippen LogP) is 3.40. The molecule has 1 aliphatic rings. The molecule has 0 saturated carbocycles. The van der Waals surface area contributed by atoms with Crippen molar-refractivity contribution in [1.82, 2.24) is 10.2 Å². The minimum absolute atomic E-state index is 0.00749. The van der Waals surface area contributed by atoms with E-state index in [4.69, 9.17) is 15.2 Å². The highest BCUT2D eigenvalue weighted by atomic mass is 16.5. The van der Waals surface area contributed by atoms with Crippen LogP contribution < -0.4 is 15.2 Å². The minimum Gasteiger partial charge on any atom is -0.508 e. The maximum absolute atomic E-state index is 9.94. The summed E-state index contributed by atoms with van der Waals surface area (Å²) in [4.78, 5) is 0. The fourth-order valence-electron chi connectivity index (χ4n) is 3.39. The van der Waals surface area contributed by atoms with Crippen molar-refractivity contribution in [2.24, 2.45) is 5.73 Å². The molecule has 7 nitrogen and oxygen atoms in total. The average molecular weight is 374 g/mol. The van der Waals surface area contributed by atoms with E-state index in [0.717, 1.165) is 16.9 Å². The van der Waals surface area contributed by atoms with Crippen molar-refractivity contribution in [2.75, 3.05) is 6.61 Å². The molecule has 0 saturated heterocycles. The van der Waals surface area contributed by atoms with E-state index in [1.807, 2.05) is 37.3 Å². The topological polar surface area (TPSA) is 117 Å². The van der Waals surface area contributed by atoms with E-state index in [2.05, 4.69) is 16.3 Å². The van der Waals surface area contributed by atoms with Gasteiger partial charge in [-0.3, -0.25) is 5.10 Å². The van der Waals surface area contributed by atoms with Crippen LogP contribution in [0.15, 0.2) is 60.0 Å². The highest BCUT2D eigenvalue weighted by Gasteiger charge is 2.35. The number of nitriles is 1. The molecule has 0 radical (unpaired) electrons. The highest BCUT2D eigenvalue weighted by molar-refractivity contribution is 5.71. The summed E-state index contributed by atoms with van der Waals surface area (Å²) in [5, 5.41) is 26.9. The Hall–Kier alpha value is -3.92. The van der Waals surface area contributed by atoms with Crippen LogP contribution in [0.1, 0.15) is 24.0 Å². The maximum atomic E-state index is 9.94. The third-order valence-corrected chi connectivity index (χ3v) is 4.60. The van der Waals surface area contributed by atoms with Gasteiger partial charge < -0.3 is 20.3 Å². The maximum Gasteiger partial charge on any atom is 0.244 e. The molecule has 2 heterocycles. The second-order valence-corrected chi connectivity index (χ2v) is 6.29. The second kappa shape index (κ2) is 7.00. The number of allylic oxidation sites excluding steroid dienone is 1. The largest absolute Gasteiger partial charge is 0.508 e. The van der Waals surface area contributed by atoms with Gasteiger partial charge in [0.2, 0.25) is 11.8 Å². The molecule has 2 aromatic carbocycles. The lowest BCUT2D eigenvalue weighted by Crippen LogP contribution is -2.20. The third-order valence-electron chi connectivity index (χ3n) is 4.60. The standard InChI is InChI=1S/C21H18N4O3/c1-2-27-15-8-6-12(7-9-15)19-18-17(13-4-3-5-14(26)10-13)16(11-22)20(23)28-21(18)25-24-19/h3-10,17,26H,2,23H2,1H3,(H,24,25). The zero-order valence-corrected chi connectivity index (χ0v) is 15.1. The minimum atomic E-state index is -0.513. The molecule has 7 heteroatoms. The van der Waals surface area contributed by atoms with Crippen LogP contribution in [-0.2, 0) is 0 Å². The first kappa shape index (κ1) is 17.5. The summed E-state index contributed by atoms with van der Waals surface area (Å²) in [6.45, 7) is 2.51. The van der Waals surface area contributed by atoms with Gasteiger partial charge in [-0.25, -0.2) is 0 Å². The fraction of sp³-hybridized carbons (Fsp3) is 0.143.